The molecular weight excluding hydrogens is 236 g/mol. The Morgan fingerprint density at radius 1 is 1.42 bits per heavy atom. The summed E-state index contributed by atoms with van der Waals surface area (Å²) in [7, 11) is 4.32. The molecule has 1 aromatic rings. The third-order valence-electron chi connectivity index (χ3n) is 4.19. The van der Waals surface area contributed by atoms with Gasteiger partial charge in [-0.1, -0.05) is 13.8 Å². The van der Waals surface area contributed by atoms with Gasteiger partial charge < -0.3 is 15.5 Å². The lowest BCUT2D eigenvalue weighted by atomic mass is 10.1. The number of rotatable bonds is 4. The van der Waals surface area contributed by atoms with Crippen molar-refractivity contribution in [3.8, 4) is 0 Å². The Balaban J connectivity index is 2.07. The molecule has 1 saturated heterocycles. The zero-order valence-corrected chi connectivity index (χ0v) is 12.5. The fourth-order valence-electron chi connectivity index (χ4n) is 2.85. The molecule has 1 aliphatic rings. The smallest absolute Gasteiger partial charge is 0.0572 e. The number of hydrogen-bond acceptors (Lipinski definition) is 4. The number of hydrogen-bond donors (Lipinski definition) is 1. The molecule has 0 amide bonds. The van der Waals surface area contributed by atoms with Crippen LogP contribution >= 0.6 is 0 Å². The minimum atomic E-state index is 0.0566. The van der Waals surface area contributed by atoms with E-state index >= 15 is 0 Å². The molecule has 1 aromatic heterocycles. The van der Waals surface area contributed by atoms with E-state index in [-0.39, 0.29) is 6.04 Å². The Morgan fingerprint density at radius 3 is 2.63 bits per heavy atom. The van der Waals surface area contributed by atoms with E-state index in [4.69, 9.17) is 5.73 Å². The predicted octanol–water partition coefficient (Wildman–Crippen LogP) is 1.88. The van der Waals surface area contributed by atoms with Crippen LogP contribution in [-0.4, -0.2) is 43.1 Å². The van der Waals surface area contributed by atoms with Gasteiger partial charge in [0.25, 0.3) is 0 Å². The maximum Gasteiger partial charge on any atom is 0.0572 e. The molecule has 0 radical (unpaired) electrons. The Labute approximate surface area is 116 Å². The average Bonchev–Trinajstić information content (AvgIpc) is 2.80. The second kappa shape index (κ2) is 5.88. The topological polar surface area (TPSA) is 45.4 Å². The lowest BCUT2D eigenvalue weighted by molar-refractivity contribution is 0.266. The van der Waals surface area contributed by atoms with Crippen molar-refractivity contribution in [1.82, 2.24) is 9.88 Å². The molecule has 106 valence electrons. The molecule has 19 heavy (non-hydrogen) atoms. The van der Waals surface area contributed by atoms with Crippen LogP contribution in [0.1, 0.15) is 32.0 Å². The van der Waals surface area contributed by atoms with Gasteiger partial charge in [0.1, 0.15) is 0 Å². The molecule has 4 heteroatoms. The molecule has 0 bridgehead atoms. The van der Waals surface area contributed by atoms with Crippen LogP contribution in [0.15, 0.2) is 18.3 Å². The zero-order chi connectivity index (χ0) is 14.0. The fourth-order valence-corrected chi connectivity index (χ4v) is 2.85. The lowest BCUT2D eigenvalue weighted by Gasteiger charge is -2.23. The zero-order valence-electron chi connectivity index (χ0n) is 12.5. The summed E-state index contributed by atoms with van der Waals surface area (Å²) in [6.07, 6.45) is 2.89. The van der Waals surface area contributed by atoms with Crippen LogP contribution in [0.5, 0.6) is 0 Å². The molecule has 4 nitrogen and oxygen atoms in total. The Hall–Kier alpha value is -1.13. The van der Waals surface area contributed by atoms with Gasteiger partial charge in [-0.3, -0.25) is 4.98 Å². The van der Waals surface area contributed by atoms with E-state index < -0.39 is 0 Å². The first-order chi connectivity index (χ1) is 9.02. The van der Waals surface area contributed by atoms with Gasteiger partial charge in [0.2, 0.25) is 0 Å². The van der Waals surface area contributed by atoms with Gasteiger partial charge in [0.05, 0.1) is 17.6 Å². The SMILES string of the molecule is CC[C@H](N)c1ccc(N2CC(C)C(N(C)C)C2)cn1. The quantitative estimate of drug-likeness (QED) is 0.900. The summed E-state index contributed by atoms with van der Waals surface area (Å²) in [4.78, 5) is 9.25. The summed E-state index contributed by atoms with van der Waals surface area (Å²) in [5, 5.41) is 0. The molecule has 0 saturated carbocycles. The second-order valence-corrected chi connectivity index (χ2v) is 5.87. The predicted molar refractivity (Wildman–Crippen MR) is 80.3 cm³/mol. The van der Waals surface area contributed by atoms with Crippen LogP contribution in [0.4, 0.5) is 5.69 Å². The lowest BCUT2D eigenvalue weighted by Crippen LogP contribution is -2.34. The van der Waals surface area contributed by atoms with Crippen molar-refractivity contribution in [2.45, 2.75) is 32.4 Å². The first kappa shape index (κ1) is 14.3. The number of anilines is 1. The molecule has 3 atom stereocenters. The van der Waals surface area contributed by atoms with E-state index in [9.17, 15) is 0 Å². The number of likely N-dealkylation sites (N-methyl/N-ethyl adjacent to an activating group) is 1. The van der Waals surface area contributed by atoms with Crippen LogP contribution in [-0.2, 0) is 0 Å². The molecular formula is C15H26N4. The number of nitrogens with two attached hydrogens (primary N) is 1. The molecule has 0 spiro atoms. The van der Waals surface area contributed by atoms with E-state index in [2.05, 4.69) is 54.9 Å². The van der Waals surface area contributed by atoms with Gasteiger partial charge in [-0.25, -0.2) is 0 Å². The summed E-state index contributed by atoms with van der Waals surface area (Å²) in [6.45, 7) is 6.59. The van der Waals surface area contributed by atoms with Crippen molar-refractivity contribution in [3.05, 3.63) is 24.0 Å². The molecule has 1 fully saturated rings. The van der Waals surface area contributed by atoms with Gasteiger partial charge in [0.15, 0.2) is 0 Å². The maximum absolute atomic E-state index is 6.00. The van der Waals surface area contributed by atoms with Crippen LogP contribution in [0.25, 0.3) is 0 Å². The van der Waals surface area contributed by atoms with Gasteiger partial charge in [-0.05, 0) is 38.6 Å². The standard InChI is InChI=1S/C15H26N4/c1-5-13(16)14-7-6-12(8-17-14)19-9-11(2)15(10-19)18(3)4/h6-8,11,13,15H,5,9-10,16H2,1-4H3/t11?,13-,15?/m0/s1. The van der Waals surface area contributed by atoms with Crippen LogP contribution in [0, 0.1) is 5.92 Å². The monoisotopic (exact) mass is 262 g/mol. The first-order valence-corrected chi connectivity index (χ1v) is 7.15. The number of pyridine rings is 1. The Bertz CT molecular complexity index is 401. The first-order valence-electron chi connectivity index (χ1n) is 7.15. The number of aromatic nitrogens is 1. The van der Waals surface area contributed by atoms with Crippen molar-refractivity contribution < 1.29 is 0 Å². The molecule has 1 aliphatic heterocycles. The van der Waals surface area contributed by atoms with Gasteiger partial charge in [-0.2, -0.15) is 0 Å². The summed E-state index contributed by atoms with van der Waals surface area (Å²) in [6, 6.07) is 4.90. The molecule has 2 unspecified atom stereocenters. The minimum Gasteiger partial charge on any atom is -0.368 e. The van der Waals surface area contributed by atoms with E-state index in [1.54, 1.807) is 0 Å². The van der Waals surface area contributed by atoms with Crippen molar-refractivity contribution in [2.75, 3.05) is 32.1 Å². The van der Waals surface area contributed by atoms with Crippen LogP contribution in [0.2, 0.25) is 0 Å². The molecule has 2 heterocycles. The Kier molecular flexibility index (Phi) is 4.42. The van der Waals surface area contributed by atoms with Crippen LogP contribution in [0.3, 0.4) is 0 Å². The highest BCUT2D eigenvalue weighted by atomic mass is 15.2. The van der Waals surface area contributed by atoms with Gasteiger partial charge in [-0.15, -0.1) is 0 Å². The number of nitrogens with zero attached hydrogens (tertiary/aromatic N) is 3. The second-order valence-electron chi connectivity index (χ2n) is 5.87. The summed E-state index contributed by atoms with van der Waals surface area (Å²) < 4.78 is 0. The van der Waals surface area contributed by atoms with Crippen LogP contribution < -0.4 is 10.6 Å². The molecule has 0 aromatic carbocycles. The highest BCUT2D eigenvalue weighted by molar-refractivity contribution is 5.46. The summed E-state index contributed by atoms with van der Waals surface area (Å²) in [5.41, 5.74) is 8.20. The molecule has 2 rings (SSSR count). The van der Waals surface area contributed by atoms with E-state index in [0.29, 0.717) is 12.0 Å². The van der Waals surface area contributed by atoms with Crippen molar-refractivity contribution in [2.24, 2.45) is 11.7 Å². The maximum atomic E-state index is 6.00. The normalized spacial score (nSPS) is 25.1. The fraction of sp³-hybridized carbons (Fsp3) is 0.667. The highest BCUT2D eigenvalue weighted by Gasteiger charge is 2.31. The van der Waals surface area contributed by atoms with Gasteiger partial charge >= 0.3 is 0 Å². The van der Waals surface area contributed by atoms with Crippen molar-refractivity contribution in [3.63, 3.8) is 0 Å². The van der Waals surface area contributed by atoms with E-state index in [1.807, 2.05) is 6.20 Å². The highest BCUT2D eigenvalue weighted by Crippen LogP contribution is 2.26. The summed E-state index contributed by atoms with van der Waals surface area (Å²) in [5.74, 6) is 0.688. The van der Waals surface area contributed by atoms with E-state index in [1.165, 1.54) is 5.69 Å². The molecule has 2 N–H and O–H groups in total. The third-order valence-corrected chi connectivity index (χ3v) is 4.19. The summed E-state index contributed by atoms with van der Waals surface area (Å²) >= 11 is 0. The van der Waals surface area contributed by atoms with E-state index in [0.717, 1.165) is 25.2 Å². The largest absolute Gasteiger partial charge is 0.368 e. The van der Waals surface area contributed by atoms with Crippen molar-refractivity contribution >= 4 is 5.69 Å². The molecule has 0 aliphatic carbocycles. The minimum absolute atomic E-state index is 0.0566. The third kappa shape index (κ3) is 3.07. The van der Waals surface area contributed by atoms with Gasteiger partial charge in [0, 0.05) is 25.2 Å². The Morgan fingerprint density at radius 2 is 2.16 bits per heavy atom. The van der Waals surface area contributed by atoms with Crippen molar-refractivity contribution in [1.29, 1.82) is 0 Å². The average molecular weight is 262 g/mol.